The highest BCUT2D eigenvalue weighted by molar-refractivity contribution is 6.66. The summed E-state index contributed by atoms with van der Waals surface area (Å²) >= 11 is 5.60. The maximum atomic E-state index is 11.9. The van der Waals surface area contributed by atoms with Crippen LogP contribution >= 0.6 is 11.6 Å². The van der Waals surface area contributed by atoms with Crippen molar-refractivity contribution in [3.63, 3.8) is 0 Å². The van der Waals surface area contributed by atoms with Gasteiger partial charge in [0.15, 0.2) is 0 Å². The summed E-state index contributed by atoms with van der Waals surface area (Å²) in [6, 6.07) is 37.6. The van der Waals surface area contributed by atoms with Crippen LogP contribution in [-0.2, 0) is 0 Å². The van der Waals surface area contributed by atoms with E-state index in [9.17, 15) is 9.59 Å². The smallest absolute Gasteiger partial charge is 0.326 e. The normalized spacial score (nSPS) is 9.76. The summed E-state index contributed by atoms with van der Waals surface area (Å²) in [5.41, 5.74) is 3.21. The zero-order chi connectivity index (χ0) is 23.5. The van der Waals surface area contributed by atoms with Gasteiger partial charge in [-0.05, 0) is 60.1 Å². The third kappa shape index (κ3) is 6.45. The highest BCUT2D eigenvalue weighted by atomic mass is 35.5. The third-order valence-electron chi connectivity index (χ3n) is 4.65. The molecule has 0 bridgehead atoms. The number of nitrogens with zero attached hydrogens (tertiary/aromatic N) is 2. The van der Waals surface area contributed by atoms with Crippen molar-refractivity contribution >= 4 is 45.7 Å². The highest BCUT2D eigenvalue weighted by Crippen LogP contribution is 2.26. The van der Waals surface area contributed by atoms with Crippen molar-refractivity contribution in [2.24, 2.45) is 0 Å². The van der Waals surface area contributed by atoms with E-state index in [-0.39, 0.29) is 6.03 Å². The van der Waals surface area contributed by atoms with Crippen LogP contribution in [0.2, 0.25) is 0 Å². The van der Waals surface area contributed by atoms with Gasteiger partial charge >= 0.3 is 11.4 Å². The van der Waals surface area contributed by atoms with Crippen LogP contribution in [0.5, 0.6) is 0 Å². The molecule has 0 aromatic heterocycles. The molecule has 1 N–H and O–H groups in total. The van der Waals surface area contributed by atoms with Crippen LogP contribution in [0.4, 0.5) is 32.3 Å². The predicted octanol–water partition coefficient (Wildman–Crippen LogP) is 7.35. The summed E-state index contributed by atoms with van der Waals surface area (Å²) in [6.45, 7) is 0. The van der Waals surface area contributed by atoms with E-state index in [4.69, 9.17) is 11.6 Å². The maximum absolute atomic E-state index is 11.9. The number of hydrogen-bond acceptors (Lipinski definition) is 2. The Bertz CT molecular complexity index is 1060. The average molecular weight is 458 g/mol. The van der Waals surface area contributed by atoms with Gasteiger partial charge in [0.05, 0.1) is 22.7 Å². The zero-order valence-corrected chi connectivity index (χ0v) is 18.9. The fraction of sp³-hybridized carbons (Fsp3) is 0.0370. The molecule has 5 nitrogen and oxygen atoms in total. The third-order valence-corrected chi connectivity index (χ3v) is 4.82. The molecule has 0 aliphatic heterocycles. The van der Waals surface area contributed by atoms with E-state index < -0.39 is 5.37 Å². The van der Waals surface area contributed by atoms with E-state index in [0.717, 1.165) is 22.7 Å². The summed E-state index contributed by atoms with van der Waals surface area (Å²) in [5.74, 6) is 0. The number of amides is 3. The van der Waals surface area contributed by atoms with Gasteiger partial charge in [0, 0.05) is 7.05 Å². The minimum Gasteiger partial charge on any atom is -0.340 e. The number of anilines is 4. The van der Waals surface area contributed by atoms with E-state index >= 15 is 0 Å². The Morgan fingerprint density at radius 2 is 0.818 bits per heavy atom. The number of carbonyl (C=O) groups excluding carboxylic acids is 2. The van der Waals surface area contributed by atoms with Crippen LogP contribution in [0.15, 0.2) is 121 Å². The summed E-state index contributed by atoms with van der Waals surface area (Å²) in [6.07, 6.45) is 0. The van der Waals surface area contributed by atoms with Gasteiger partial charge in [0.2, 0.25) is 0 Å². The first-order valence-electron chi connectivity index (χ1n) is 10.3. The molecule has 4 aromatic carbocycles. The fourth-order valence-electron chi connectivity index (χ4n) is 3.16. The minimum absolute atomic E-state index is 0.151. The number of hydrogen-bond donors (Lipinski definition) is 1. The van der Waals surface area contributed by atoms with Crippen molar-refractivity contribution in [2.75, 3.05) is 16.8 Å². The molecule has 0 saturated heterocycles. The summed E-state index contributed by atoms with van der Waals surface area (Å²) in [7, 11) is 1.63. The number of carbonyl (C=O) groups is 2. The second kappa shape index (κ2) is 12.1. The van der Waals surface area contributed by atoms with Crippen LogP contribution in [0.25, 0.3) is 0 Å². The number of rotatable bonds is 4. The lowest BCUT2D eigenvalue weighted by Crippen LogP contribution is -2.34. The van der Waals surface area contributed by atoms with Crippen molar-refractivity contribution in [3.8, 4) is 0 Å². The first-order valence-corrected chi connectivity index (χ1v) is 10.7. The lowest BCUT2D eigenvalue weighted by atomic mass is 10.2. The Kier molecular flexibility index (Phi) is 8.63. The summed E-state index contributed by atoms with van der Waals surface area (Å²) in [4.78, 5) is 26.5. The molecule has 0 spiro atoms. The standard InChI is InChI=1S/C14H14N2O.C13H10ClNO/c1-15-14(17)16(12-8-4-2-5-9-12)13-10-6-3-7-11-13;14-13(16)15(11-7-3-1-4-8-11)12-9-5-2-6-10-12/h2-11H,1H3,(H,15,17);1-10H. The zero-order valence-electron chi connectivity index (χ0n) is 18.1. The van der Waals surface area contributed by atoms with Gasteiger partial charge in [0.25, 0.3) is 0 Å². The summed E-state index contributed by atoms with van der Waals surface area (Å²) < 4.78 is 0. The molecule has 0 radical (unpaired) electrons. The summed E-state index contributed by atoms with van der Waals surface area (Å²) in [5, 5.41) is 2.13. The van der Waals surface area contributed by atoms with Crippen molar-refractivity contribution in [3.05, 3.63) is 121 Å². The molecule has 0 atom stereocenters. The lowest BCUT2D eigenvalue weighted by Gasteiger charge is -2.22. The number of nitrogens with one attached hydrogen (secondary N) is 1. The Morgan fingerprint density at radius 3 is 1.06 bits per heavy atom. The average Bonchev–Trinajstić information content (AvgIpc) is 2.87. The molecule has 0 aliphatic carbocycles. The molecular formula is C27H24ClN3O2. The predicted molar refractivity (Wildman–Crippen MR) is 136 cm³/mol. The van der Waals surface area contributed by atoms with Crippen molar-refractivity contribution in [2.45, 2.75) is 0 Å². The second-order valence-electron chi connectivity index (χ2n) is 6.82. The van der Waals surface area contributed by atoms with Crippen molar-refractivity contribution < 1.29 is 9.59 Å². The molecule has 0 heterocycles. The molecule has 0 fully saturated rings. The van der Waals surface area contributed by atoms with E-state index in [2.05, 4.69) is 5.32 Å². The molecule has 4 aromatic rings. The van der Waals surface area contributed by atoms with Gasteiger partial charge < -0.3 is 5.32 Å². The lowest BCUT2D eigenvalue weighted by molar-refractivity contribution is 0.250. The van der Waals surface area contributed by atoms with Gasteiger partial charge in [-0.2, -0.15) is 0 Å². The van der Waals surface area contributed by atoms with Gasteiger partial charge in [-0.25, -0.2) is 4.79 Å². The first kappa shape index (κ1) is 23.6. The molecule has 3 amide bonds. The number of halogens is 1. The molecule has 6 heteroatoms. The van der Waals surface area contributed by atoms with Gasteiger partial charge in [-0.3, -0.25) is 14.6 Å². The van der Waals surface area contributed by atoms with E-state index in [0.29, 0.717) is 0 Å². The molecule has 166 valence electrons. The Hall–Kier alpha value is -4.09. The topological polar surface area (TPSA) is 52.7 Å². The van der Waals surface area contributed by atoms with Crippen LogP contribution in [0.1, 0.15) is 0 Å². The minimum atomic E-state index is -0.516. The van der Waals surface area contributed by atoms with Crippen molar-refractivity contribution in [1.82, 2.24) is 5.32 Å². The van der Waals surface area contributed by atoms with Crippen LogP contribution in [-0.4, -0.2) is 18.4 Å². The Morgan fingerprint density at radius 1 is 0.545 bits per heavy atom. The molecule has 33 heavy (non-hydrogen) atoms. The molecule has 0 unspecified atom stereocenters. The van der Waals surface area contributed by atoms with Crippen molar-refractivity contribution in [1.29, 1.82) is 0 Å². The van der Waals surface area contributed by atoms with Crippen LogP contribution in [0.3, 0.4) is 0 Å². The highest BCUT2D eigenvalue weighted by Gasteiger charge is 2.16. The first-order chi connectivity index (χ1) is 16.1. The monoisotopic (exact) mass is 457 g/mol. The van der Waals surface area contributed by atoms with Crippen LogP contribution in [0, 0.1) is 0 Å². The fourth-order valence-corrected chi connectivity index (χ4v) is 3.35. The molecule has 0 saturated carbocycles. The molecular weight excluding hydrogens is 434 g/mol. The second-order valence-corrected chi connectivity index (χ2v) is 7.14. The molecule has 0 aliphatic rings. The van der Waals surface area contributed by atoms with E-state index in [1.807, 2.05) is 121 Å². The van der Waals surface area contributed by atoms with Gasteiger partial charge in [0.1, 0.15) is 0 Å². The number of para-hydroxylation sites is 4. The van der Waals surface area contributed by atoms with Crippen LogP contribution < -0.4 is 15.1 Å². The number of benzene rings is 4. The van der Waals surface area contributed by atoms with Gasteiger partial charge in [-0.15, -0.1) is 0 Å². The Labute approximate surface area is 198 Å². The van der Waals surface area contributed by atoms with E-state index in [1.54, 1.807) is 11.9 Å². The number of urea groups is 1. The Balaban J connectivity index is 0.000000186. The molecule has 4 rings (SSSR count). The largest absolute Gasteiger partial charge is 0.340 e. The quantitative estimate of drug-likeness (QED) is 0.257. The maximum Gasteiger partial charge on any atom is 0.326 e. The van der Waals surface area contributed by atoms with Gasteiger partial charge in [-0.1, -0.05) is 72.8 Å². The van der Waals surface area contributed by atoms with E-state index in [1.165, 1.54) is 4.90 Å². The SMILES string of the molecule is CNC(=O)N(c1ccccc1)c1ccccc1.O=C(Cl)N(c1ccccc1)c1ccccc1.